The summed E-state index contributed by atoms with van der Waals surface area (Å²) in [6.45, 7) is 0. The van der Waals surface area contributed by atoms with E-state index in [4.69, 9.17) is 4.74 Å². The molecular formula is C52H43NO. The lowest BCUT2D eigenvalue weighted by molar-refractivity contribution is -0.0452. The van der Waals surface area contributed by atoms with Crippen LogP contribution in [0.15, 0.2) is 176 Å². The van der Waals surface area contributed by atoms with Gasteiger partial charge in [-0.2, -0.15) is 0 Å². The first kappa shape index (κ1) is 31.6. The number of hydrogen-bond acceptors (Lipinski definition) is 2. The van der Waals surface area contributed by atoms with Crippen molar-refractivity contribution in [3.05, 3.63) is 187 Å². The molecule has 4 fully saturated rings. The van der Waals surface area contributed by atoms with E-state index in [2.05, 4.69) is 181 Å². The van der Waals surface area contributed by atoms with Gasteiger partial charge in [0.15, 0.2) is 0 Å². The molecule has 1 heterocycles. The summed E-state index contributed by atoms with van der Waals surface area (Å²) in [6, 6.07) is 64.4. The lowest BCUT2D eigenvalue weighted by Crippen LogP contribution is -2.57. The van der Waals surface area contributed by atoms with E-state index in [1.807, 2.05) is 0 Å². The minimum absolute atomic E-state index is 0.00772. The molecular weight excluding hydrogens is 655 g/mol. The molecule has 7 aromatic carbocycles. The van der Waals surface area contributed by atoms with Gasteiger partial charge in [0, 0.05) is 33.6 Å². The maximum absolute atomic E-state index is 6.80. The molecule has 7 aromatic rings. The monoisotopic (exact) mass is 697 g/mol. The summed E-state index contributed by atoms with van der Waals surface area (Å²) in [4.78, 5) is 2.45. The van der Waals surface area contributed by atoms with Gasteiger partial charge in [0.25, 0.3) is 0 Å². The minimum atomic E-state index is -0.00772. The van der Waals surface area contributed by atoms with Crippen LogP contribution in [0, 0.1) is 23.7 Å². The molecule has 0 N–H and O–H groups in total. The van der Waals surface area contributed by atoms with Crippen LogP contribution in [0.4, 0.5) is 17.1 Å². The average Bonchev–Trinajstić information content (AvgIpc) is 3.23. The van der Waals surface area contributed by atoms with Crippen LogP contribution in [0.25, 0.3) is 33.4 Å². The number of rotatable bonds is 6. The molecule has 0 unspecified atom stereocenters. The fourth-order valence-corrected chi connectivity index (χ4v) is 11.2. The van der Waals surface area contributed by atoms with Gasteiger partial charge in [-0.3, -0.25) is 0 Å². The molecule has 2 nitrogen and oxygen atoms in total. The topological polar surface area (TPSA) is 12.5 Å². The Labute approximate surface area is 318 Å². The average molecular weight is 698 g/mol. The first-order valence-electron chi connectivity index (χ1n) is 19.8. The Morgan fingerprint density at radius 1 is 0.370 bits per heavy atom. The van der Waals surface area contributed by atoms with Crippen molar-refractivity contribution >= 4 is 17.1 Å². The Balaban J connectivity index is 1.02. The van der Waals surface area contributed by atoms with Gasteiger partial charge in [-0.05, 0) is 138 Å². The highest BCUT2D eigenvalue weighted by molar-refractivity contribution is 5.81. The first-order valence-corrected chi connectivity index (χ1v) is 19.8. The Hall–Kier alpha value is -5.86. The Morgan fingerprint density at radius 2 is 0.778 bits per heavy atom. The van der Waals surface area contributed by atoms with Gasteiger partial charge in [0.05, 0.1) is 0 Å². The number of ether oxygens (including phenoxy) is 1. The van der Waals surface area contributed by atoms with Crippen LogP contribution < -0.4 is 9.64 Å². The number of anilines is 3. The third kappa shape index (κ3) is 5.07. The third-order valence-corrected chi connectivity index (χ3v) is 13.3. The van der Waals surface area contributed by atoms with E-state index in [9.17, 15) is 0 Å². The lowest BCUT2D eigenvalue weighted by Gasteiger charge is -2.63. The Kier molecular flexibility index (Phi) is 7.40. The lowest BCUT2D eigenvalue weighted by atomic mass is 9.42. The van der Waals surface area contributed by atoms with Crippen LogP contribution in [0.1, 0.15) is 43.2 Å². The number of para-hydroxylation sites is 1. The molecule has 0 amide bonds. The predicted molar refractivity (Wildman–Crippen MR) is 222 cm³/mol. The summed E-state index contributed by atoms with van der Waals surface area (Å²) in [5.41, 5.74) is 13.6. The zero-order chi connectivity index (χ0) is 35.6. The van der Waals surface area contributed by atoms with Crippen molar-refractivity contribution < 1.29 is 4.74 Å². The van der Waals surface area contributed by atoms with Crippen LogP contribution >= 0.6 is 0 Å². The van der Waals surface area contributed by atoms with Gasteiger partial charge in [0.2, 0.25) is 0 Å². The van der Waals surface area contributed by atoms with Gasteiger partial charge in [-0.25, -0.2) is 0 Å². The van der Waals surface area contributed by atoms with E-state index in [1.54, 1.807) is 0 Å². The van der Waals surface area contributed by atoms with E-state index < -0.39 is 0 Å². The molecule has 1 aliphatic heterocycles. The zero-order valence-electron chi connectivity index (χ0n) is 30.4. The van der Waals surface area contributed by atoms with Gasteiger partial charge in [-0.1, -0.05) is 127 Å². The number of nitrogens with zero attached hydrogens (tertiary/aromatic N) is 1. The number of benzene rings is 7. The first-order chi connectivity index (χ1) is 26.7. The predicted octanol–water partition coefficient (Wildman–Crippen LogP) is 14.0. The summed E-state index contributed by atoms with van der Waals surface area (Å²) in [5, 5.41) is 0. The summed E-state index contributed by atoms with van der Waals surface area (Å²) in [5.74, 6) is 5.17. The molecule has 0 atom stereocenters. The SMILES string of the molecule is c1ccc(-c2ccc(-c3ccc(N(c4ccc(-c5ccccc5)cc4)c4ccc5c(c4)C4(c6ccccc6O5)[C@H]5C[C@H]6C[C@H](C[C@H]4C6)C5)cc3)cc2)cc1. The van der Waals surface area contributed by atoms with Gasteiger partial charge >= 0.3 is 0 Å². The maximum atomic E-state index is 6.80. The molecule has 0 radical (unpaired) electrons. The molecule has 4 aliphatic carbocycles. The highest BCUT2D eigenvalue weighted by Crippen LogP contribution is 2.69. The second-order valence-electron chi connectivity index (χ2n) is 16.2. The van der Waals surface area contributed by atoms with Gasteiger partial charge < -0.3 is 9.64 Å². The molecule has 5 aliphatic rings. The van der Waals surface area contributed by atoms with Crippen molar-refractivity contribution in [2.24, 2.45) is 23.7 Å². The van der Waals surface area contributed by atoms with E-state index in [0.717, 1.165) is 34.7 Å². The van der Waals surface area contributed by atoms with E-state index >= 15 is 0 Å². The Bertz CT molecular complexity index is 2420. The normalized spacial score (nSPS) is 23.0. The smallest absolute Gasteiger partial charge is 0.131 e. The third-order valence-electron chi connectivity index (χ3n) is 13.3. The van der Waals surface area contributed by atoms with Crippen molar-refractivity contribution in [3.8, 4) is 44.9 Å². The van der Waals surface area contributed by atoms with Crippen molar-refractivity contribution in [1.29, 1.82) is 0 Å². The van der Waals surface area contributed by atoms with Crippen LogP contribution in [-0.4, -0.2) is 0 Å². The van der Waals surface area contributed by atoms with Crippen LogP contribution in [-0.2, 0) is 5.41 Å². The van der Waals surface area contributed by atoms with E-state index in [-0.39, 0.29) is 5.41 Å². The van der Waals surface area contributed by atoms with E-state index in [0.29, 0.717) is 11.8 Å². The van der Waals surface area contributed by atoms with Gasteiger partial charge in [0.1, 0.15) is 11.5 Å². The zero-order valence-corrected chi connectivity index (χ0v) is 30.4. The second kappa shape index (κ2) is 12.6. The highest BCUT2D eigenvalue weighted by atomic mass is 16.5. The molecule has 1 spiro atoms. The molecule has 0 saturated heterocycles. The van der Waals surface area contributed by atoms with Crippen LogP contribution in [0.5, 0.6) is 11.5 Å². The highest BCUT2D eigenvalue weighted by Gasteiger charge is 2.61. The fourth-order valence-electron chi connectivity index (χ4n) is 11.2. The molecule has 4 bridgehead atoms. The van der Waals surface area contributed by atoms with Crippen LogP contribution in [0.2, 0.25) is 0 Å². The molecule has 12 rings (SSSR count). The maximum Gasteiger partial charge on any atom is 0.131 e. The quantitative estimate of drug-likeness (QED) is 0.172. The van der Waals surface area contributed by atoms with Crippen LogP contribution in [0.3, 0.4) is 0 Å². The standard InChI is InChI=1S/C52H43NO/c1-3-9-37(10-4-1)39-15-17-40(18-16-39)42-21-25-46(26-22-42)53(45-23-19-41(20-24-45)38-11-5-2-6-12-38)47-27-28-51-49(34-47)52(48-13-7-8-14-50(48)54-51)43-30-35-29-36(32-43)33-44(52)31-35/h1-28,34-36,43-44H,29-33H2/t35-,36+,43+,44-,52?. The molecule has 0 aromatic heterocycles. The molecule has 262 valence electrons. The second-order valence-corrected chi connectivity index (χ2v) is 16.2. The number of fused-ring (bicyclic) bond motifs is 2. The Morgan fingerprint density at radius 3 is 1.30 bits per heavy atom. The van der Waals surface area contributed by atoms with E-state index in [1.165, 1.54) is 82.3 Å². The molecule has 4 saturated carbocycles. The summed E-state index contributed by atoms with van der Waals surface area (Å²) in [7, 11) is 0. The molecule has 54 heavy (non-hydrogen) atoms. The van der Waals surface area contributed by atoms with Crippen molar-refractivity contribution in [1.82, 2.24) is 0 Å². The number of hydrogen-bond donors (Lipinski definition) is 0. The van der Waals surface area contributed by atoms with Gasteiger partial charge in [-0.15, -0.1) is 0 Å². The fraction of sp³-hybridized carbons (Fsp3) is 0.192. The van der Waals surface area contributed by atoms with Crippen molar-refractivity contribution in [2.75, 3.05) is 4.90 Å². The van der Waals surface area contributed by atoms with Crippen molar-refractivity contribution in [2.45, 2.75) is 37.5 Å². The molecule has 2 heteroatoms. The largest absolute Gasteiger partial charge is 0.457 e. The summed E-state index contributed by atoms with van der Waals surface area (Å²) < 4.78 is 6.80. The van der Waals surface area contributed by atoms with Crippen molar-refractivity contribution in [3.63, 3.8) is 0 Å². The minimum Gasteiger partial charge on any atom is -0.457 e. The summed E-state index contributed by atoms with van der Waals surface area (Å²) in [6.07, 6.45) is 6.79. The summed E-state index contributed by atoms with van der Waals surface area (Å²) >= 11 is 0.